The highest BCUT2D eigenvalue weighted by Crippen LogP contribution is 2.45. The molecule has 3 fully saturated rings. The number of nitrogens with zero attached hydrogens (tertiary/aromatic N) is 1. The molecular formula is C43H49N7O12. The van der Waals surface area contributed by atoms with E-state index in [2.05, 4.69) is 21.3 Å². The molecule has 1 amide bonds. The van der Waals surface area contributed by atoms with Crippen LogP contribution in [0.25, 0.3) is 0 Å². The molecule has 19 heteroatoms. The zero-order chi connectivity index (χ0) is 43.7. The standard InChI is InChI=1S/C43H49N7O12/c44-30-15-21(9-12-46-30)11-14-59-39-36(57)35(56)29(18-52)61-42(39)62-37-23(16-22-5-1-4-8-28(22)50-20-47-32-40(50)48-43(45)49-41(32)58)17-27-31(38(37)60-19-24(53)10-13-51)34(55)26-7-3-2-6-25(26)33(27)54/h1-9,13,15,17,24,29,32,35-36,39-40,42-43,46-48,52-53,56-57H,10-12,14,16,18-20,44-45H2,(H,49,58)/t24-,29+,32-,35+,36-,39+,40-,42-,43-/m1/s1. The number of rotatable bonds is 15. The van der Waals surface area contributed by atoms with Crippen LogP contribution in [0.15, 0.2) is 78.1 Å². The number of ketones is 2. The Morgan fingerprint density at radius 2 is 1.74 bits per heavy atom. The second-order valence-corrected chi connectivity index (χ2v) is 15.6. The number of amides is 1. The molecule has 0 radical (unpaired) electrons. The van der Waals surface area contributed by atoms with Crippen molar-refractivity contribution in [1.29, 1.82) is 0 Å². The summed E-state index contributed by atoms with van der Waals surface area (Å²) in [6.45, 7) is -0.452. The molecule has 5 aliphatic rings. The third-order valence-electron chi connectivity index (χ3n) is 11.5. The van der Waals surface area contributed by atoms with E-state index < -0.39 is 80.1 Å². The molecule has 1 aliphatic carbocycles. The van der Waals surface area contributed by atoms with Gasteiger partial charge in [0.15, 0.2) is 23.1 Å². The van der Waals surface area contributed by atoms with E-state index in [0.717, 1.165) is 5.57 Å². The van der Waals surface area contributed by atoms with Crippen LogP contribution in [0, 0.1) is 0 Å². The molecule has 4 aliphatic heterocycles. The maximum Gasteiger partial charge on any atom is 0.242 e. The quantitative estimate of drug-likeness (QED) is 0.0598. The van der Waals surface area contributed by atoms with E-state index in [9.17, 15) is 39.6 Å². The molecule has 0 bridgehead atoms. The highest BCUT2D eigenvalue weighted by atomic mass is 16.7. The van der Waals surface area contributed by atoms with Gasteiger partial charge >= 0.3 is 0 Å². The van der Waals surface area contributed by atoms with Gasteiger partial charge in [-0.3, -0.25) is 30.8 Å². The van der Waals surface area contributed by atoms with Crippen molar-refractivity contribution in [2.45, 2.75) is 74.6 Å². The Bertz CT molecular complexity index is 2290. The molecular weight excluding hydrogens is 807 g/mol. The van der Waals surface area contributed by atoms with Gasteiger partial charge in [0.1, 0.15) is 55.8 Å². The van der Waals surface area contributed by atoms with Crippen LogP contribution in [-0.4, -0.2) is 133 Å². The van der Waals surface area contributed by atoms with E-state index in [1.54, 1.807) is 24.3 Å². The highest BCUT2D eigenvalue weighted by Gasteiger charge is 2.48. The van der Waals surface area contributed by atoms with E-state index in [-0.39, 0.29) is 71.3 Å². The summed E-state index contributed by atoms with van der Waals surface area (Å²) in [4.78, 5) is 55.1. The number of aliphatic hydroxyl groups excluding tert-OH is 4. The average Bonchev–Trinajstić information content (AvgIpc) is 3.69. The van der Waals surface area contributed by atoms with Gasteiger partial charge in [-0.2, -0.15) is 0 Å². The van der Waals surface area contributed by atoms with Crippen molar-refractivity contribution < 1.29 is 58.6 Å². The minimum absolute atomic E-state index is 0.00406. The number of benzene rings is 3. The molecule has 9 atom stereocenters. The molecule has 3 aromatic carbocycles. The first-order valence-electron chi connectivity index (χ1n) is 20.3. The summed E-state index contributed by atoms with van der Waals surface area (Å²) >= 11 is 0. The molecule has 4 heterocycles. The third kappa shape index (κ3) is 8.41. The number of anilines is 1. The predicted molar refractivity (Wildman–Crippen MR) is 220 cm³/mol. The van der Waals surface area contributed by atoms with Gasteiger partial charge < -0.3 is 65.4 Å². The lowest BCUT2D eigenvalue weighted by molar-refractivity contribution is -0.287. The van der Waals surface area contributed by atoms with Crippen LogP contribution in [0.4, 0.5) is 5.69 Å². The predicted octanol–water partition coefficient (Wildman–Crippen LogP) is -1.67. The second-order valence-electron chi connectivity index (χ2n) is 15.6. The van der Waals surface area contributed by atoms with Crippen LogP contribution in [-0.2, 0) is 25.5 Å². The van der Waals surface area contributed by atoms with Gasteiger partial charge in [-0.15, -0.1) is 0 Å². The second kappa shape index (κ2) is 18.3. The first-order valence-corrected chi connectivity index (χ1v) is 20.3. The number of carbonyl (C=O) groups is 4. The zero-order valence-electron chi connectivity index (χ0n) is 33.4. The molecule has 0 saturated carbocycles. The summed E-state index contributed by atoms with van der Waals surface area (Å²) in [7, 11) is 0. The molecule has 0 aromatic heterocycles. The van der Waals surface area contributed by atoms with Crippen LogP contribution in [0.3, 0.4) is 0 Å². The molecule has 19 nitrogen and oxygen atoms in total. The fourth-order valence-electron chi connectivity index (χ4n) is 8.41. The van der Waals surface area contributed by atoms with Crippen molar-refractivity contribution in [1.82, 2.24) is 21.3 Å². The number of fused-ring (bicyclic) bond motifs is 3. The van der Waals surface area contributed by atoms with Gasteiger partial charge in [0, 0.05) is 47.3 Å². The number of hydrogen-bond donors (Lipinski definition) is 10. The minimum Gasteiger partial charge on any atom is -0.486 e. The molecule has 8 rings (SSSR count). The summed E-state index contributed by atoms with van der Waals surface area (Å²) in [5.74, 6) is -1.26. The molecule has 0 spiro atoms. The fourth-order valence-corrected chi connectivity index (χ4v) is 8.41. The Balaban J connectivity index is 1.25. The number of nitrogens with one attached hydrogen (secondary N) is 4. The Hall–Kier alpha value is -5.74. The maximum absolute atomic E-state index is 14.5. The summed E-state index contributed by atoms with van der Waals surface area (Å²) < 4.78 is 25.2. The molecule has 3 aromatic rings. The van der Waals surface area contributed by atoms with Crippen LogP contribution in [0.1, 0.15) is 55.8 Å². The first kappa shape index (κ1) is 42.9. The monoisotopic (exact) mass is 855 g/mol. The van der Waals surface area contributed by atoms with E-state index >= 15 is 0 Å². The minimum atomic E-state index is -1.65. The van der Waals surface area contributed by atoms with Crippen molar-refractivity contribution in [3.8, 4) is 11.5 Å². The average molecular weight is 856 g/mol. The molecule has 328 valence electrons. The van der Waals surface area contributed by atoms with Gasteiger partial charge in [0.2, 0.25) is 12.2 Å². The molecule has 0 unspecified atom stereocenters. The third-order valence-corrected chi connectivity index (χ3v) is 11.5. The Kier molecular flexibility index (Phi) is 12.7. The maximum atomic E-state index is 14.5. The summed E-state index contributed by atoms with van der Waals surface area (Å²) in [6, 6.07) is 14.5. The van der Waals surface area contributed by atoms with Gasteiger partial charge in [0.05, 0.1) is 37.4 Å². The number of nitrogens with two attached hydrogens (primary N) is 2. The summed E-state index contributed by atoms with van der Waals surface area (Å²) in [6.07, 6.45) is -6.00. The largest absolute Gasteiger partial charge is 0.486 e. The van der Waals surface area contributed by atoms with Gasteiger partial charge in [-0.05, 0) is 35.8 Å². The zero-order valence-corrected chi connectivity index (χ0v) is 33.4. The van der Waals surface area contributed by atoms with Crippen molar-refractivity contribution in [3.05, 3.63) is 112 Å². The van der Waals surface area contributed by atoms with Gasteiger partial charge in [-0.1, -0.05) is 48.5 Å². The van der Waals surface area contributed by atoms with E-state index in [0.29, 0.717) is 36.3 Å². The van der Waals surface area contributed by atoms with Crippen molar-refractivity contribution in [2.75, 3.05) is 37.9 Å². The van der Waals surface area contributed by atoms with Crippen LogP contribution in [0.2, 0.25) is 0 Å². The lowest BCUT2D eigenvalue weighted by Crippen LogP contribution is -2.70. The number of carbonyl (C=O) groups excluding carboxylic acids is 4. The SMILES string of the molecule is NC1=CC(CCO[C@@H]2[C@@H](Oc3c(Cc4ccccc4N4CN[C@H]5C(=O)N[C@H](N)N[C@@H]54)cc4c(c3OC[C@H](O)CC=O)C(=O)c3ccccc3C4=O)O[C@@H](CO)[C@H](O)[C@H]2O)=CCN1. The number of dihydropyridines is 1. The Morgan fingerprint density at radius 1 is 0.984 bits per heavy atom. The van der Waals surface area contributed by atoms with E-state index in [4.69, 9.17) is 30.4 Å². The number of ether oxygens (including phenoxy) is 4. The van der Waals surface area contributed by atoms with E-state index in [1.165, 1.54) is 12.1 Å². The smallest absolute Gasteiger partial charge is 0.242 e. The van der Waals surface area contributed by atoms with Crippen molar-refractivity contribution in [2.24, 2.45) is 11.5 Å². The molecule has 62 heavy (non-hydrogen) atoms. The lowest BCUT2D eigenvalue weighted by Gasteiger charge is -2.42. The number of hydrogen-bond acceptors (Lipinski definition) is 18. The van der Waals surface area contributed by atoms with Crippen LogP contribution >= 0.6 is 0 Å². The van der Waals surface area contributed by atoms with Crippen LogP contribution < -0.4 is 47.1 Å². The van der Waals surface area contributed by atoms with Crippen LogP contribution in [0.5, 0.6) is 11.5 Å². The summed E-state index contributed by atoms with van der Waals surface area (Å²) in [5.41, 5.74) is 14.6. The van der Waals surface area contributed by atoms with Crippen molar-refractivity contribution in [3.63, 3.8) is 0 Å². The van der Waals surface area contributed by atoms with Gasteiger partial charge in [-0.25, -0.2) is 0 Å². The normalized spacial score (nSPS) is 27.2. The number of aliphatic hydroxyl groups is 4. The number of para-hydroxylation sites is 1. The topological polar surface area (TPSA) is 290 Å². The Morgan fingerprint density at radius 3 is 2.50 bits per heavy atom. The lowest BCUT2D eigenvalue weighted by atomic mass is 9.81. The number of aldehydes is 1. The number of allylic oxidation sites excluding steroid dienone is 1. The molecule has 3 saturated heterocycles. The van der Waals surface area contributed by atoms with Crippen molar-refractivity contribution >= 4 is 29.4 Å². The Labute approximate surface area is 355 Å². The summed E-state index contributed by atoms with van der Waals surface area (Å²) in [5, 5.41) is 55.6. The first-order chi connectivity index (χ1) is 30.0. The highest BCUT2D eigenvalue weighted by molar-refractivity contribution is 6.29. The molecule has 12 N–H and O–H groups in total. The fraction of sp³-hybridized carbons (Fsp3) is 0.395. The van der Waals surface area contributed by atoms with Gasteiger partial charge in [0.25, 0.3) is 0 Å². The van der Waals surface area contributed by atoms with E-state index in [1.807, 2.05) is 35.2 Å².